The maximum Gasteiger partial charge on any atom is 0.270 e. The van der Waals surface area contributed by atoms with Gasteiger partial charge in [0.1, 0.15) is 11.3 Å². The van der Waals surface area contributed by atoms with E-state index in [2.05, 4.69) is 5.32 Å². The van der Waals surface area contributed by atoms with Crippen molar-refractivity contribution in [3.8, 4) is 5.75 Å². The molecule has 0 unspecified atom stereocenters. The molecule has 0 radical (unpaired) electrons. The van der Waals surface area contributed by atoms with Gasteiger partial charge in [-0.05, 0) is 36.5 Å². The van der Waals surface area contributed by atoms with Crippen molar-refractivity contribution in [1.82, 2.24) is 5.32 Å². The molecular weight excluding hydrogens is 360 g/mol. The monoisotopic (exact) mass is 372 g/mol. The summed E-state index contributed by atoms with van der Waals surface area (Å²) in [6.45, 7) is 0. The summed E-state index contributed by atoms with van der Waals surface area (Å²) < 4.78 is 5.26. The normalized spacial score (nSPS) is 16.2. The van der Waals surface area contributed by atoms with Crippen molar-refractivity contribution in [2.24, 2.45) is 0 Å². The first-order valence-electron chi connectivity index (χ1n) is 7.32. The van der Waals surface area contributed by atoms with Gasteiger partial charge in [0.2, 0.25) is 0 Å². The van der Waals surface area contributed by atoms with Crippen molar-refractivity contribution in [3.63, 3.8) is 0 Å². The Labute approximate surface area is 154 Å². The number of anilines is 1. The van der Waals surface area contributed by atoms with E-state index >= 15 is 0 Å². The quantitative estimate of drug-likeness (QED) is 0.510. The summed E-state index contributed by atoms with van der Waals surface area (Å²) >= 11 is 11.3. The van der Waals surface area contributed by atoms with E-state index in [1.165, 1.54) is 18.1 Å². The van der Waals surface area contributed by atoms with Crippen LogP contribution in [-0.2, 0) is 9.59 Å². The van der Waals surface area contributed by atoms with E-state index in [0.717, 1.165) is 0 Å². The van der Waals surface area contributed by atoms with Crippen molar-refractivity contribution >= 4 is 52.5 Å². The second-order valence-electron chi connectivity index (χ2n) is 5.15. The van der Waals surface area contributed by atoms with Crippen LogP contribution in [0.3, 0.4) is 0 Å². The van der Waals surface area contributed by atoms with Gasteiger partial charge in [0.15, 0.2) is 5.11 Å². The van der Waals surface area contributed by atoms with E-state index in [1.807, 2.05) is 0 Å². The Morgan fingerprint density at radius 2 is 1.80 bits per heavy atom. The number of nitrogens with one attached hydrogen (secondary N) is 1. The number of hydrogen-bond donors (Lipinski definition) is 1. The SMILES string of the molecule is COc1ccccc1/C=C1\C(=O)NC(=S)N(c2ccccc2Cl)C1=O. The summed E-state index contributed by atoms with van der Waals surface area (Å²) in [6.07, 6.45) is 1.47. The number of thiocarbonyl (C=S) groups is 1. The third-order valence-electron chi connectivity index (χ3n) is 3.63. The van der Waals surface area contributed by atoms with E-state index in [9.17, 15) is 9.59 Å². The summed E-state index contributed by atoms with van der Waals surface area (Å²) in [5.74, 6) is -0.565. The number of hydrogen-bond acceptors (Lipinski definition) is 4. The zero-order valence-corrected chi connectivity index (χ0v) is 14.7. The number of carbonyl (C=O) groups is 2. The van der Waals surface area contributed by atoms with Gasteiger partial charge >= 0.3 is 0 Å². The van der Waals surface area contributed by atoms with Crippen LogP contribution in [0, 0.1) is 0 Å². The third-order valence-corrected chi connectivity index (χ3v) is 4.24. The van der Waals surface area contributed by atoms with E-state index in [4.69, 9.17) is 28.6 Å². The van der Waals surface area contributed by atoms with Crippen LogP contribution in [-0.4, -0.2) is 24.0 Å². The topological polar surface area (TPSA) is 58.6 Å². The van der Waals surface area contributed by atoms with Crippen LogP contribution in [0.1, 0.15) is 5.56 Å². The molecule has 2 aromatic carbocycles. The highest BCUT2D eigenvalue weighted by Crippen LogP contribution is 2.29. The maximum atomic E-state index is 12.9. The molecule has 1 heterocycles. The molecule has 1 aliphatic rings. The molecule has 0 saturated carbocycles. The number of para-hydroxylation sites is 2. The molecule has 1 aliphatic heterocycles. The Morgan fingerprint density at radius 1 is 1.12 bits per heavy atom. The molecule has 2 amide bonds. The molecule has 0 atom stereocenters. The van der Waals surface area contributed by atoms with Gasteiger partial charge in [0.25, 0.3) is 11.8 Å². The molecule has 25 heavy (non-hydrogen) atoms. The smallest absolute Gasteiger partial charge is 0.270 e. The minimum atomic E-state index is -0.566. The highest BCUT2D eigenvalue weighted by atomic mass is 35.5. The van der Waals surface area contributed by atoms with Gasteiger partial charge < -0.3 is 4.74 Å². The molecule has 1 saturated heterocycles. The number of benzene rings is 2. The fraction of sp³-hybridized carbons (Fsp3) is 0.0556. The molecule has 2 aromatic rings. The Morgan fingerprint density at radius 3 is 2.52 bits per heavy atom. The maximum absolute atomic E-state index is 12.9. The van der Waals surface area contributed by atoms with E-state index < -0.39 is 11.8 Å². The van der Waals surface area contributed by atoms with Crippen LogP contribution < -0.4 is 15.0 Å². The van der Waals surface area contributed by atoms with Crippen molar-refractivity contribution < 1.29 is 14.3 Å². The van der Waals surface area contributed by atoms with E-state index in [0.29, 0.717) is 22.0 Å². The van der Waals surface area contributed by atoms with Crippen molar-refractivity contribution in [2.45, 2.75) is 0 Å². The average molecular weight is 373 g/mol. The predicted octanol–water partition coefficient (Wildman–Crippen LogP) is 3.18. The van der Waals surface area contributed by atoms with Gasteiger partial charge in [-0.2, -0.15) is 0 Å². The van der Waals surface area contributed by atoms with Crippen LogP contribution >= 0.6 is 23.8 Å². The standard InChI is InChI=1S/C18H13ClN2O3S/c1-24-15-9-5-2-6-11(15)10-12-16(22)20-18(25)21(17(12)23)14-8-4-3-7-13(14)19/h2-10H,1H3,(H,20,22,25)/b12-10+. The van der Waals surface area contributed by atoms with Crippen LogP contribution in [0.5, 0.6) is 5.75 Å². The average Bonchev–Trinajstić information content (AvgIpc) is 2.60. The van der Waals surface area contributed by atoms with Crippen molar-refractivity contribution in [1.29, 1.82) is 0 Å². The molecule has 0 bridgehead atoms. The largest absolute Gasteiger partial charge is 0.496 e. The molecule has 1 fully saturated rings. The van der Waals surface area contributed by atoms with Crippen LogP contribution in [0.25, 0.3) is 6.08 Å². The van der Waals surface area contributed by atoms with Gasteiger partial charge in [0, 0.05) is 5.56 Å². The fourth-order valence-corrected chi connectivity index (χ4v) is 2.94. The fourth-order valence-electron chi connectivity index (χ4n) is 2.45. The molecule has 3 rings (SSSR count). The highest BCUT2D eigenvalue weighted by molar-refractivity contribution is 7.80. The number of halogens is 1. The lowest BCUT2D eigenvalue weighted by molar-refractivity contribution is -0.122. The first-order chi connectivity index (χ1) is 12.0. The molecule has 7 heteroatoms. The number of nitrogens with zero attached hydrogens (tertiary/aromatic N) is 1. The minimum absolute atomic E-state index is 0.0136. The zero-order valence-electron chi connectivity index (χ0n) is 13.2. The predicted molar refractivity (Wildman–Crippen MR) is 101 cm³/mol. The molecule has 0 spiro atoms. The van der Waals surface area contributed by atoms with Crippen molar-refractivity contribution in [2.75, 3.05) is 12.0 Å². The van der Waals surface area contributed by atoms with E-state index in [1.54, 1.807) is 48.5 Å². The van der Waals surface area contributed by atoms with E-state index in [-0.39, 0.29) is 10.7 Å². The van der Waals surface area contributed by atoms with Gasteiger partial charge in [-0.3, -0.25) is 19.8 Å². The van der Waals surface area contributed by atoms with Crippen molar-refractivity contribution in [3.05, 3.63) is 64.7 Å². The zero-order chi connectivity index (χ0) is 18.0. The van der Waals surface area contributed by atoms with Crippen LogP contribution in [0.15, 0.2) is 54.1 Å². The summed E-state index contributed by atoms with van der Waals surface area (Å²) in [5, 5.41) is 2.86. The lowest BCUT2D eigenvalue weighted by atomic mass is 10.1. The first kappa shape index (κ1) is 17.1. The molecule has 5 nitrogen and oxygen atoms in total. The van der Waals surface area contributed by atoms with Gasteiger partial charge in [-0.15, -0.1) is 0 Å². The Kier molecular flexibility index (Phi) is 4.83. The molecule has 1 N–H and O–H groups in total. The Balaban J connectivity index is 2.07. The number of amides is 2. The molecule has 0 aliphatic carbocycles. The number of ether oxygens (including phenoxy) is 1. The Bertz CT molecular complexity index is 911. The molecular formula is C18H13ClN2O3S. The summed E-state index contributed by atoms with van der Waals surface area (Å²) in [7, 11) is 1.52. The lowest BCUT2D eigenvalue weighted by Crippen LogP contribution is -2.54. The lowest BCUT2D eigenvalue weighted by Gasteiger charge is -2.29. The summed E-state index contributed by atoms with van der Waals surface area (Å²) in [6, 6.07) is 13.9. The number of methoxy groups -OCH3 is 1. The van der Waals surface area contributed by atoms with Gasteiger partial charge in [-0.25, -0.2) is 0 Å². The Hall–Kier alpha value is -2.70. The van der Waals surface area contributed by atoms with Gasteiger partial charge in [0.05, 0.1) is 17.8 Å². The highest BCUT2D eigenvalue weighted by Gasteiger charge is 2.35. The molecule has 126 valence electrons. The third kappa shape index (κ3) is 3.26. The van der Waals surface area contributed by atoms with Crippen LogP contribution in [0.2, 0.25) is 5.02 Å². The number of carbonyl (C=O) groups excluding carboxylic acids is 2. The molecule has 0 aromatic heterocycles. The van der Waals surface area contributed by atoms with Gasteiger partial charge in [-0.1, -0.05) is 41.9 Å². The van der Waals surface area contributed by atoms with Crippen LogP contribution in [0.4, 0.5) is 5.69 Å². The second kappa shape index (κ2) is 7.04. The second-order valence-corrected chi connectivity index (χ2v) is 5.95. The summed E-state index contributed by atoms with van der Waals surface area (Å²) in [5.41, 5.74) is 0.957. The summed E-state index contributed by atoms with van der Waals surface area (Å²) in [4.78, 5) is 26.4. The minimum Gasteiger partial charge on any atom is -0.496 e. The first-order valence-corrected chi connectivity index (χ1v) is 8.10. The number of rotatable bonds is 3.